The molecule has 0 bridgehead atoms. The zero-order chi connectivity index (χ0) is 16.7. The number of nitrogens with zero attached hydrogens (tertiary/aromatic N) is 2. The first-order valence-electron chi connectivity index (χ1n) is 7.40. The van der Waals surface area contributed by atoms with Crippen LogP contribution in [0.1, 0.15) is 39.4 Å². The van der Waals surface area contributed by atoms with Gasteiger partial charge in [-0.15, -0.1) is 0 Å². The molecule has 1 heterocycles. The monoisotopic (exact) mass is 328 g/mol. The van der Waals surface area contributed by atoms with E-state index in [0.717, 1.165) is 18.7 Å². The van der Waals surface area contributed by atoms with Gasteiger partial charge in [-0.3, -0.25) is 14.5 Å². The van der Waals surface area contributed by atoms with Crippen LogP contribution in [0.5, 0.6) is 0 Å². The zero-order valence-corrected chi connectivity index (χ0v) is 14.3. The largest absolute Gasteiger partial charge is 0.467 e. The summed E-state index contributed by atoms with van der Waals surface area (Å²) in [6, 6.07) is -0.645. The Labute approximate surface area is 135 Å². The molecule has 1 aromatic rings. The van der Waals surface area contributed by atoms with Gasteiger partial charge in [-0.2, -0.15) is 5.10 Å². The van der Waals surface area contributed by atoms with Crippen LogP contribution in [-0.2, 0) is 27.3 Å². The Bertz CT molecular complexity index is 565. The lowest BCUT2D eigenvalue weighted by Gasteiger charge is -2.18. The van der Waals surface area contributed by atoms with Gasteiger partial charge in [-0.1, -0.05) is 20.8 Å². The summed E-state index contributed by atoms with van der Waals surface area (Å²) in [4.78, 5) is 23.9. The first-order chi connectivity index (χ1) is 10.4. The highest BCUT2D eigenvalue weighted by Gasteiger charge is 2.23. The first kappa shape index (κ1) is 18.3. The summed E-state index contributed by atoms with van der Waals surface area (Å²) in [5.41, 5.74) is 0. The number of carbonyl (C=O) groups excluding carboxylic acids is 2. The second kappa shape index (κ2) is 8.67. The predicted molar refractivity (Wildman–Crippen MR) is 84.8 cm³/mol. The smallest absolute Gasteiger partial charge is 0.328 e. The van der Waals surface area contributed by atoms with Crippen molar-refractivity contribution in [3.8, 4) is 0 Å². The summed E-state index contributed by atoms with van der Waals surface area (Å²) in [6.45, 7) is 6.02. The molecule has 0 saturated carbocycles. The number of H-pyrrole nitrogens is 1. The van der Waals surface area contributed by atoms with Crippen LogP contribution in [0, 0.1) is 10.7 Å². The van der Waals surface area contributed by atoms with Gasteiger partial charge in [0.2, 0.25) is 5.91 Å². The van der Waals surface area contributed by atoms with Crippen molar-refractivity contribution in [3.63, 3.8) is 0 Å². The Balaban J connectivity index is 2.77. The summed E-state index contributed by atoms with van der Waals surface area (Å²) in [6.07, 6.45) is 2.16. The van der Waals surface area contributed by atoms with Crippen LogP contribution in [0.3, 0.4) is 0 Å². The third-order valence-corrected chi connectivity index (χ3v) is 3.45. The molecule has 0 aromatic carbocycles. The van der Waals surface area contributed by atoms with Crippen molar-refractivity contribution in [2.24, 2.45) is 5.92 Å². The van der Waals surface area contributed by atoms with E-state index in [0.29, 0.717) is 11.2 Å². The van der Waals surface area contributed by atoms with Crippen LogP contribution in [0.25, 0.3) is 0 Å². The van der Waals surface area contributed by atoms with E-state index in [1.54, 1.807) is 4.57 Å². The SMILES string of the molecule is CCCc1n[nH]c(=S)n1CC(=O)N[C@@H](CC(C)C)C(=O)OC. The highest BCUT2D eigenvalue weighted by molar-refractivity contribution is 7.71. The van der Waals surface area contributed by atoms with Crippen molar-refractivity contribution in [3.05, 3.63) is 10.6 Å². The van der Waals surface area contributed by atoms with Crippen LogP contribution in [0.4, 0.5) is 0 Å². The topological polar surface area (TPSA) is 89.0 Å². The standard InChI is InChI=1S/C14H24N4O3S/c1-5-6-11-16-17-14(22)18(11)8-12(19)15-10(7-9(2)3)13(20)21-4/h9-10H,5-8H2,1-4H3,(H,15,19)(H,17,22)/t10-/m0/s1. The summed E-state index contributed by atoms with van der Waals surface area (Å²) >= 11 is 5.14. The van der Waals surface area contributed by atoms with Gasteiger partial charge < -0.3 is 10.1 Å². The number of esters is 1. The number of methoxy groups -OCH3 is 1. The van der Waals surface area contributed by atoms with Gasteiger partial charge in [-0.05, 0) is 31.0 Å². The Morgan fingerprint density at radius 2 is 2.14 bits per heavy atom. The molecule has 0 radical (unpaired) electrons. The summed E-state index contributed by atoms with van der Waals surface area (Å²) in [5.74, 6) is 0.273. The van der Waals surface area contributed by atoms with Crippen molar-refractivity contribution in [1.82, 2.24) is 20.1 Å². The van der Waals surface area contributed by atoms with Crippen LogP contribution in [0.2, 0.25) is 0 Å². The maximum absolute atomic E-state index is 12.2. The van der Waals surface area contributed by atoms with Crippen molar-refractivity contribution in [1.29, 1.82) is 0 Å². The van der Waals surface area contributed by atoms with E-state index in [-0.39, 0.29) is 18.4 Å². The minimum Gasteiger partial charge on any atom is -0.467 e. The molecule has 22 heavy (non-hydrogen) atoms. The summed E-state index contributed by atoms with van der Waals surface area (Å²) in [7, 11) is 1.31. The van der Waals surface area contributed by atoms with Crippen LogP contribution < -0.4 is 5.32 Å². The molecule has 0 spiro atoms. The predicted octanol–water partition coefficient (Wildman–Crippen LogP) is 1.60. The molecular formula is C14H24N4O3S. The molecule has 1 aromatic heterocycles. The normalized spacial score (nSPS) is 12.2. The molecule has 0 saturated heterocycles. The first-order valence-corrected chi connectivity index (χ1v) is 7.81. The lowest BCUT2D eigenvalue weighted by atomic mass is 10.0. The maximum atomic E-state index is 12.2. The van der Waals surface area contributed by atoms with E-state index in [2.05, 4.69) is 15.5 Å². The van der Waals surface area contributed by atoms with Crippen molar-refractivity contribution < 1.29 is 14.3 Å². The van der Waals surface area contributed by atoms with E-state index in [9.17, 15) is 9.59 Å². The maximum Gasteiger partial charge on any atom is 0.328 e. The van der Waals surface area contributed by atoms with Gasteiger partial charge in [0.15, 0.2) is 4.77 Å². The fourth-order valence-corrected chi connectivity index (χ4v) is 2.35. The molecule has 0 aliphatic heterocycles. The van der Waals surface area contributed by atoms with Gasteiger partial charge in [0.05, 0.1) is 7.11 Å². The fraction of sp³-hybridized carbons (Fsp3) is 0.714. The van der Waals surface area contributed by atoms with E-state index in [1.165, 1.54) is 7.11 Å². The molecule has 1 rings (SSSR count). The molecule has 2 N–H and O–H groups in total. The molecule has 124 valence electrons. The summed E-state index contributed by atoms with van der Waals surface area (Å²) in [5, 5.41) is 9.51. The second-order valence-corrected chi connectivity index (χ2v) is 5.94. The zero-order valence-electron chi connectivity index (χ0n) is 13.5. The molecule has 0 aliphatic carbocycles. The Morgan fingerprint density at radius 1 is 1.45 bits per heavy atom. The molecule has 0 aliphatic rings. The number of hydrogen-bond acceptors (Lipinski definition) is 5. The number of rotatable bonds is 8. The number of nitrogens with one attached hydrogen (secondary N) is 2. The number of aromatic amines is 1. The Morgan fingerprint density at radius 3 is 2.68 bits per heavy atom. The van der Waals surface area contributed by atoms with E-state index < -0.39 is 12.0 Å². The van der Waals surface area contributed by atoms with Crippen molar-refractivity contribution >= 4 is 24.1 Å². The molecule has 0 fully saturated rings. The number of carbonyl (C=O) groups is 2. The lowest BCUT2D eigenvalue weighted by Crippen LogP contribution is -2.43. The van der Waals surface area contributed by atoms with Crippen LogP contribution >= 0.6 is 12.2 Å². The molecular weight excluding hydrogens is 304 g/mol. The highest BCUT2D eigenvalue weighted by Crippen LogP contribution is 2.07. The van der Waals surface area contributed by atoms with Gasteiger partial charge in [-0.25, -0.2) is 4.79 Å². The highest BCUT2D eigenvalue weighted by atomic mass is 32.1. The van der Waals surface area contributed by atoms with Crippen LogP contribution in [0.15, 0.2) is 0 Å². The molecule has 8 heteroatoms. The average molecular weight is 328 g/mol. The van der Waals surface area contributed by atoms with Crippen molar-refractivity contribution in [2.45, 2.75) is 52.6 Å². The van der Waals surface area contributed by atoms with E-state index in [4.69, 9.17) is 17.0 Å². The van der Waals surface area contributed by atoms with Gasteiger partial charge in [0.1, 0.15) is 18.4 Å². The van der Waals surface area contributed by atoms with E-state index >= 15 is 0 Å². The Kier molecular flexibility index (Phi) is 7.23. The third kappa shape index (κ3) is 5.25. The minimum absolute atomic E-state index is 0.0380. The second-order valence-electron chi connectivity index (χ2n) is 5.55. The lowest BCUT2D eigenvalue weighted by molar-refractivity contribution is -0.145. The molecule has 1 atom stereocenters. The number of ether oxygens (including phenoxy) is 1. The van der Waals surface area contributed by atoms with Crippen molar-refractivity contribution in [2.75, 3.05) is 7.11 Å². The Hall–Kier alpha value is -1.70. The fourth-order valence-electron chi connectivity index (χ4n) is 2.14. The minimum atomic E-state index is -0.645. The van der Waals surface area contributed by atoms with Gasteiger partial charge >= 0.3 is 5.97 Å². The number of aryl methyl sites for hydroxylation is 1. The molecule has 0 unspecified atom stereocenters. The molecule has 7 nitrogen and oxygen atoms in total. The number of hydrogen-bond donors (Lipinski definition) is 2. The van der Waals surface area contributed by atoms with Crippen LogP contribution in [-0.4, -0.2) is 39.8 Å². The van der Waals surface area contributed by atoms with Gasteiger partial charge in [0, 0.05) is 6.42 Å². The summed E-state index contributed by atoms with van der Waals surface area (Å²) < 4.78 is 6.79. The molecule has 1 amide bonds. The van der Waals surface area contributed by atoms with E-state index in [1.807, 2.05) is 20.8 Å². The number of aromatic nitrogens is 3. The number of amides is 1. The average Bonchev–Trinajstić information content (AvgIpc) is 2.78. The third-order valence-electron chi connectivity index (χ3n) is 3.14. The quantitative estimate of drug-likeness (QED) is 0.559. The van der Waals surface area contributed by atoms with Gasteiger partial charge in [0.25, 0.3) is 0 Å².